The van der Waals surface area contributed by atoms with Crippen LogP contribution in [-0.4, -0.2) is 17.3 Å². The van der Waals surface area contributed by atoms with Gasteiger partial charge in [0.05, 0.1) is 7.11 Å². The predicted octanol–water partition coefficient (Wildman–Crippen LogP) is 2.53. The third kappa shape index (κ3) is 2.62. The first-order valence-corrected chi connectivity index (χ1v) is 5.55. The number of H-pyrrole nitrogens is 1. The second kappa shape index (κ2) is 5.10. The fourth-order valence-corrected chi connectivity index (χ4v) is 1.50. The fourth-order valence-electron chi connectivity index (χ4n) is 1.36. The SMILES string of the molecule is COc1ccc(C)c(Oc2n[nH]c(Cl)cc2=O)c1. The summed E-state index contributed by atoms with van der Waals surface area (Å²) in [4.78, 5) is 11.6. The van der Waals surface area contributed by atoms with Crippen LogP contribution in [0.5, 0.6) is 17.4 Å². The van der Waals surface area contributed by atoms with Gasteiger partial charge in [-0.3, -0.25) is 9.89 Å². The van der Waals surface area contributed by atoms with Crippen LogP contribution in [0, 0.1) is 6.92 Å². The standard InChI is InChI=1S/C12H11ClN2O3/c1-7-3-4-8(17-2)5-10(7)18-12-9(16)6-11(13)14-15-12/h3-6H,1-2H3,(H,14,16). The van der Waals surface area contributed by atoms with Crippen LogP contribution in [0.25, 0.3) is 0 Å². The molecule has 5 nitrogen and oxygen atoms in total. The van der Waals surface area contributed by atoms with E-state index in [1.54, 1.807) is 13.2 Å². The number of hydrogen-bond donors (Lipinski definition) is 1. The largest absolute Gasteiger partial charge is 0.497 e. The van der Waals surface area contributed by atoms with Gasteiger partial charge in [0.25, 0.3) is 5.88 Å². The van der Waals surface area contributed by atoms with E-state index in [-0.39, 0.29) is 16.5 Å². The molecule has 0 saturated carbocycles. The lowest BCUT2D eigenvalue weighted by atomic mass is 10.2. The minimum atomic E-state index is -0.388. The van der Waals surface area contributed by atoms with E-state index in [9.17, 15) is 4.79 Å². The average Bonchev–Trinajstić information content (AvgIpc) is 2.35. The molecule has 0 aliphatic rings. The number of aromatic amines is 1. The lowest BCUT2D eigenvalue weighted by molar-refractivity contribution is 0.405. The lowest BCUT2D eigenvalue weighted by Crippen LogP contribution is -2.07. The number of nitrogens with one attached hydrogen (secondary N) is 1. The highest BCUT2D eigenvalue weighted by molar-refractivity contribution is 6.29. The number of methoxy groups -OCH3 is 1. The molecule has 18 heavy (non-hydrogen) atoms. The smallest absolute Gasteiger partial charge is 0.285 e. The Hall–Kier alpha value is -2.01. The summed E-state index contributed by atoms with van der Waals surface area (Å²) >= 11 is 5.61. The molecule has 0 atom stereocenters. The van der Waals surface area contributed by atoms with Gasteiger partial charge in [0.1, 0.15) is 16.7 Å². The van der Waals surface area contributed by atoms with Gasteiger partial charge in [-0.05, 0) is 18.6 Å². The topological polar surface area (TPSA) is 64.2 Å². The summed E-state index contributed by atoms with van der Waals surface area (Å²) in [6, 6.07) is 6.53. The summed E-state index contributed by atoms with van der Waals surface area (Å²) < 4.78 is 10.5. The summed E-state index contributed by atoms with van der Waals surface area (Å²) in [5, 5.41) is 6.37. The monoisotopic (exact) mass is 266 g/mol. The summed E-state index contributed by atoms with van der Waals surface area (Å²) in [5.74, 6) is 1.09. The molecule has 1 aromatic carbocycles. The second-order valence-electron chi connectivity index (χ2n) is 3.62. The van der Waals surface area contributed by atoms with Crippen LogP contribution >= 0.6 is 11.6 Å². The van der Waals surface area contributed by atoms with Crippen molar-refractivity contribution in [3.63, 3.8) is 0 Å². The third-order valence-electron chi connectivity index (χ3n) is 2.33. The first-order valence-electron chi connectivity index (χ1n) is 5.18. The maximum atomic E-state index is 11.6. The quantitative estimate of drug-likeness (QED) is 0.927. The Morgan fingerprint density at radius 3 is 2.78 bits per heavy atom. The Morgan fingerprint density at radius 2 is 2.11 bits per heavy atom. The summed E-state index contributed by atoms with van der Waals surface area (Å²) in [6.07, 6.45) is 0. The molecule has 2 aromatic rings. The normalized spacial score (nSPS) is 10.2. The number of aromatic nitrogens is 2. The zero-order valence-electron chi connectivity index (χ0n) is 9.86. The minimum Gasteiger partial charge on any atom is -0.497 e. The van der Waals surface area contributed by atoms with Gasteiger partial charge < -0.3 is 9.47 Å². The maximum absolute atomic E-state index is 11.6. The first-order chi connectivity index (χ1) is 8.60. The molecule has 0 fully saturated rings. The molecule has 0 saturated heterocycles. The maximum Gasteiger partial charge on any atom is 0.285 e. The molecule has 0 aliphatic carbocycles. The number of aryl methyl sites for hydroxylation is 1. The van der Waals surface area contributed by atoms with Gasteiger partial charge in [-0.15, -0.1) is 5.10 Å². The molecule has 1 N–H and O–H groups in total. The Balaban J connectivity index is 2.36. The number of hydrogen-bond acceptors (Lipinski definition) is 4. The highest BCUT2D eigenvalue weighted by atomic mass is 35.5. The third-order valence-corrected chi connectivity index (χ3v) is 2.53. The molecule has 0 radical (unpaired) electrons. The fraction of sp³-hybridized carbons (Fsp3) is 0.167. The number of ether oxygens (including phenoxy) is 2. The molecule has 0 aliphatic heterocycles. The molecule has 2 rings (SSSR count). The van der Waals surface area contributed by atoms with Gasteiger partial charge in [-0.25, -0.2) is 0 Å². The molecule has 94 valence electrons. The van der Waals surface area contributed by atoms with E-state index < -0.39 is 0 Å². The van der Waals surface area contributed by atoms with Gasteiger partial charge in [-0.2, -0.15) is 0 Å². The number of nitrogens with zero attached hydrogens (tertiary/aromatic N) is 1. The van der Waals surface area contributed by atoms with E-state index in [1.807, 2.05) is 19.1 Å². The van der Waals surface area contributed by atoms with Crippen molar-refractivity contribution in [3.05, 3.63) is 45.2 Å². The Kier molecular flexibility index (Phi) is 3.53. The van der Waals surface area contributed by atoms with Crippen LogP contribution in [-0.2, 0) is 0 Å². The summed E-state index contributed by atoms with van der Waals surface area (Å²) in [6.45, 7) is 1.86. The van der Waals surface area contributed by atoms with Gasteiger partial charge in [0.15, 0.2) is 0 Å². The van der Waals surface area contributed by atoms with Crippen molar-refractivity contribution in [2.24, 2.45) is 0 Å². The molecule has 0 amide bonds. The Labute approximate surface area is 108 Å². The van der Waals surface area contributed by atoms with Crippen molar-refractivity contribution < 1.29 is 9.47 Å². The average molecular weight is 267 g/mol. The molecular weight excluding hydrogens is 256 g/mol. The van der Waals surface area contributed by atoms with Crippen LogP contribution in [0.1, 0.15) is 5.56 Å². The number of benzene rings is 1. The van der Waals surface area contributed by atoms with Crippen molar-refractivity contribution in [2.75, 3.05) is 7.11 Å². The Bertz CT molecular complexity index is 625. The zero-order chi connectivity index (χ0) is 13.1. The van der Waals surface area contributed by atoms with Gasteiger partial charge in [0, 0.05) is 12.1 Å². The number of rotatable bonds is 3. The predicted molar refractivity (Wildman–Crippen MR) is 67.7 cm³/mol. The van der Waals surface area contributed by atoms with E-state index in [2.05, 4.69) is 10.2 Å². The van der Waals surface area contributed by atoms with Crippen LogP contribution in [0.15, 0.2) is 29.1 Å². The lowest BCUT2D eigenvalue weighted by Gasteiger charge is -2.08. The van der Waals surface area contributed by atoms with E-state index in [0.717, 1.165) is 5.56 Å². The van der Waals surface area contributed by atoms with Crippen molar-refractivity contribution >= 4 is 11.6 Å². The summed E-state index contributed by atoms with van der Waals surface area (Å²) in [5.41, 5.74) is 0.480. The van der Waals surface area contributed by atoms with Crippen LogP contribution < -0.4 is 14.9 Å². The van der Waals surface area contributed by atoms with E-state index >= 15 is 0 Å². The van der Waals surface area contributed by atoms with Gasteiger partial charge >= 0.3 is 0 Å². The van der Waals surface area contributed by atoms with E-state index in [1.165, 1.54) is 6.07 Å². The minimum absolute atomic E-state index is 0.0595. The van der Waals surface area contributed by atoms with Crippen molar-refractivity contribution in [1.82, 2.24) is 10.2 Å². The zero-order valence-corrected chi connectivity index (χ0v) is 10.6. The molecular formula is C12H11ClN2O3. The van der Waals surface area contributed by atoms with Crippen LogP contribution in [0.4, 0.5) is 0 Å². The van der Waals surface area contributed by atoms with Crippen LogP contribution in [0.3, 0.4) is 0 Å². The van der Waals surface area contributed by atoms with E-state index in [4.69, 9.17) is 21.1 Å². The molecule has 6 heteroatoms. The molecule has 0 bridgehead atoms. The van der Waals surface area contributed by atoms with E-state index in [0.29, 0.717) is 11.5 Å². The second-order valence-corrected chi connectivity index (χ2v) is 4.03. The van der Waals surface area contributed by atoms with Gasteiger partial charge in [0.2, 0.25) is 5.43 Å². The molecule has 1 heterocycles. The Morgan fingerprint density at radius 1 is 1.33 bits per heavy atom. The highest BCUT2D eigenvalue weighted by Gasteiger charge is 2.08. The van der Waals surface area contributed by atoms with Gasteiger partial charge in [-0.1, -0.05) is 17.7 Å². The van der Waals surface area contributed by atoms with Crippen molar-refractivity contribution in [3.8, 4) is 17.4 Å². The molecule has 0 spiro atoms. The first kappa shape index (κ1) is 12.4. The van der Waals surface area contributed by atoms with Crippen LogP contribution in [0.2, 0.25) is 5.15 Å². The number of halogens is 1. The highest BCUT2D eigenvalue weighted by Crippen LogP contribution is 2.26. The summed E-state index contributed by atoms with van der Waals surface area (Å²) in [7, 11) is 1.56. The molecule has 1 aromatic heterocycles. The molecule has 0 unspecified atom stereocenters. The van der Waals surface area contributed by atoms with Crippen molar-refractivity contribution in [1.29, 1.82) is 0 Å². The van der Waals surface area contributed by atoms with Crippen molar-refractivity contribution in [2.45, 2.75) is 6.92 Å².